The number of methoxy groups -OCH3 is 1. The minimum atomic E-state index is -0.310. The molecule has 5 nitrogen and oxygen atoms in total. The van der Waals surface area contributed by atoms with E-state index in [0.29, 0.717) is 23.8 Å². The number of halogens is 1. The van der Waals surface area contributed by atoms with Gasteiger partial charge < -0.3 is 14.8 Å². The second kappa shape index (κ2) is 12.6. The Morgan fingerprint density at radius 2 is 1.73 bits per heavy atom. The fourth-order valence-corrected chi connectivity index (χ4v) is 3.05. The third-order valence-electron chi connectivity index (χ3n) is 4.47. The number of rotatable bonds is 12. The number of carbonyl (C=O) groups is 1. The summed E-state index contributed by atoms with van der Waals surface area (Å²) in [5.74, 6) is 0.612. The molecule has 6 heteroatoms. The largest absolute Gasteiger partial charge is 0.493 e. The molecule has 0 saturated heterocycles. The summed E-state index contributed by atoms with van der Waals surface area (Å²) in [4.78, 5) is 14.6. The molecule has 0 aromatic heterocycles. The lowest BCUT2D eigenvalue weighted by atomic mass is 10.2. The van der Waals surface area contributed by atoms with Crippen molar-refractivity contribution in [2.45, 2.75) is 26.7 Å². The zero-order valence-electron chi connectivity index (χ0n) is 18.0. The van der Waals surface area contributed by atoms with Crippen LogP contribution in [0.4, 0.5) is 10.1 Å². The molecule has 0 aliphatic rings. The summed E-state index contributed by atoms with van der Waals surface area (Å²) in [5, 5.41) is 2.81. The minimum Gasteiger partial charge on any atom is -0.493 e. The Bertz CT molecular complexity index is 816. The van der Waals surface area contributed by atoms with Crippen LogP contribution in [0.2, 0.25) is 0 Å². The zero-order valence-corrected chi connectivity index (χ0v) is 18.0. The second-order valence-electron chi connectivity index (χ2n) is 6.93. The summed E-state index contributed by atoms with van der Waals surface area (Å²) in [7, 11) is 1.59. The van der Waals surface area contributed by atoms with Crippen LogP contribution in [0, 0.1) is 5.82 Å². The van der Waals surface area contributed by atoms with Gasteiger partial charge in [0.1, 0.15) is 12.4 Å². The van der Waals surface area contributed by atoms with Gasteiger partial charge in [0.15, 0.2) is 11.5 Å². The van der Waals surface area contributed by atoms with Crippen LogP contribution >= 0.6 is 0 Å². The highest BCUT2D eigenvalue weighted by Gasteiger charge is 2.09. The molecule has 2 aromatic carbocycles. The number of benzene rings is 2. The van der Waals surface area contributed by atoms with Crippen LogP contribution in [0.3, 0.4) is 0 Å². The molecule has 0 aliphatic carbocycles. The third-order valence-corrected chi connectivity index (χ3v) is 4.47. The number of amides is 1. The highest BCUT2D eigenvalue weighted by Crippen LogP contribution is 2.30. The van der Waals surface area contributed by atoms with Crippen LogP contribution in [0.1, 0.15) is 32.3 Å². The predicted octanol–water partition coefficient (Wildman–Crippen LogP) is 4.99. The molecule has 1 N–H and O–H groups in total. The lowest BCUT2D eigenvalue weighted by Crippen LogP contribution is -2.30. The Morgan fingerprint density at radius 3 is 2.37 bits per heavy atom. The Kier molecular flexibility index (Phi) is 9.87. The van der Waals surface area contributed by atoms with Gasteiger partial charge in [0.2, 0.25) is 5.91 Å². The molecule has 0 bridgehead atoms. The molecule has 0 fully saturated rings. The van der Waals surface area contributed by atoms with Crippen molar-refractivity contribution in [3.05, 3.63) is 59.9 Å². The lowest BCUT2D eigenvalue weighted by Gasteiger charge is -2.21. The van der Waals surface area contributed by atoms with E-state index in [4.69, 9.17) is 9.47 Å². The van der Waals surface area contributed by atoms with Crippen LogP contribution in [-0.4, -0.2) is 44.2 Å². The van der Waals surface area contributed by atoms with E-state index in [2.05, 4.69) is 24.1 Å². The molecule has 0 radical (unpaired) electrons. The van der Waals surface area contributed by atoms with Gasteiger partial charge in [-0.05, 0) is 61.8 Å². The summed E-state index contributed by atoms with van der Waals surface area (Å²) >= 11 is 0. The van der Waals surface area contributed by atoms with E-state index in [1.165, 1.54) is 18.2 Å². The molecule has 2 rings (SSSR count). The van der Waals surface area contributed by atoms with Crippen molar-refractivity contribution in [2.75, 3.05) is 38.7 Å². The highest BCUT2D eigenvalue weighted by atomic mass is 19.1. The number of nitrogens with one attached hydrogen (secondary N) is 1. The van der Waals surface area contributed by atoms with Crippen molar-refractivity contribution in [1.82, 2.24) is 4.90 Å². The van der Waals surface area contributed by atoms with Gasteiger partial charge >= 0.3 is 0 Å². The van der Waals surface area contributed by atoms with Crippen LogP contribution in [0.15, 0.2) is 48.5 Å². The molecule has 0 saturated carbocycles. The summed E-state index contributed by atoms with van der Waals surface area (Å²) in [6, 6.07) is 11.2. The third kappa shape index (κ3) is 7.87. The Morgan fingerprint density at radius 1 is 1.03 bits per heavy atom. The van der Waals surface area contributed by atoms with Crippen LogP contribution < -0.4 is 14.8 Å². The molecule has 2 aromatic rings. The molecular weight excluding hydrogens is 383 g/mol. The van der Waals surface area contributed by atoms with Gasteiger partial charge in [-0.15, -0.1) is 0 Å². The molecule has 0 spiro atoms. The van der Waals surface area contributed by atoms with E-state index < -0.39 is 0 Å². The molecule has 162 valence electrons. The molecule has 0 unspecified atom stereocenters. The maximum absolute atomic E-state index is 13.0. The first-order valence-corrected chi connectivity index (χ1v) is 10.3. The summed E-state index contributed by atoms with van der Waals surface area (Å²) in [5.41, 5.74) is 1.35. The Balaban J connectivity index is 1.97. The molecule has 0 atom stereocenters. The van der Waals surface area contributed by atoms with Crippen LogP contribution in [0.25, 0.3) is 6.08 Å². The number of hydrogen-bond donors (Lipinski definition) is 1. The van der Waals surface area contributed by atoms with E-state index in [9.17, 15) is 9.18 Å². The second-order valence-corrected chi connectivity index (χ2v) is 6.93. The van der Waals surface area contributed by atoms with Crippen molar-refractivity contribution in [2.24, 2.45) is 0 Å². The number of anilines is 1. The standard InChI is InChI=1S/C24H31FN2O3/c1-4-14-27(15-5-2)16-17-30-23-18-21(11-12-22(23)29-3)26-24(28)13-8-19-6-9-20(25)10-7-19/h6-13,18H,4-5,14-17H2,1-3H3,(H,26,28). The maximum Gasteiger partial charge on any atom is 0.248 e. The van der Waals surface area contributed by atoms with Crippen molar-refractivity contribution in [3.63, 3.8) is 0 Å². The number of hydrogen-bond acceptors (Lipinski definition) is 4. The molecule has 0 aliphatic heterocycles. The van der Waals surface area contributed by atoms with Crippen molar-refractivity contribution in [3.8, 4) is 11.5 Å². The van der Waals surface area contributed by atoms with E-state index >= 15 is 0 Å². The van der Waals surface area contributed by atoms with Gasteiger partial charge in [-0.25, -0.2) is 4.39 Å². The van der Waals surface area contributed by atoms with Crippen molar-refractivity contribution >= 4 is 17.7 Å². The van der Waals surface area contributed by atoms with Gasteiger partial charge in [-0.2, -0.15) is 0 Å². The fourth-order valence-electron chi connectivity index (χ4n) is 3.05. The highest BCUT2D eigenvalue weighted by molar-refractivity contribution is 6.02. The minimum absolute atomic E-state index is 0.285. The molecule has 1 amide bonds. The van der Waals surface area contributed by atoms with Crippen molar-refractivity contribution in [1.29, 1.82) is 0 Å². The van der Waals surface area contributed by atoms with Crippen molar-refractivity contribution < 1.29 is 18.7 Å². The first-order valence-electron chi connectivity index (χ1n) is 10.3. The lowest BCUT2D eigenvalue weighted by molar-refractivity contribution is -0.111. The average Bonchev–Trinajstić information content (AvgIpc) is 2.74. The first-order chi connectivity index (χ1) is 14.5. The average molecular weight is 415 g/mol. The van der Waals surface area contributed by atoms with E-state index in [-0.39, 0.29) is 11.7 Å². The molecule has 30 heavy (non-hydrogen) atoms. The fraction of sp³-hybridized carbons (Fsp3) is 0.375. The normalized spacial score (nSPS) is 11.1. The monoisotopic (exact) mass is 414 g/mol. The zero-order chi connectivity index (χ0) is 21.8. The van der Waals surface area contributed by atoms with E-state index in [0.717, 1.165) is 38.0 Å². The summed E-state index contributed by atoms with van der Waals surface area (Å²) in [6.07, 6.45) is 5.25. The number of ether oxygens (including phenoxy) is 2. The van der Waals surface area contributed by atoms with E-state index in [1.807, 2.05) is 0 Å². The molecular formula is C24H31FN2O3. The summed E-state index contributed by atoms with van der Waals surface area (Å²) in [6.45, 7) is 7.81. The van der Waals surface area contributed by atoms with Gasteiger partial charge in [0.05, 0.1) is 7.11 Å². The van der Waals surface area contributed by atoms with E-state index in [1.54, 1.807) is 43.5 Å². The number of nitrogens with zero attached hydrogens (tertiary/aromatic N) is 1. The van der Waals surface area contributed by atoms with Crippen LogP contribution in [-0.2, 0) is 4.79 Å². The predicted molar refractivity (Wildman–Crippen MR) is 120 cm³/mol. The first kappa shape index (κ1) is 23.4. The quantitative estimate of drug-likeness (QED) is 0.497. The number of carbonyl (C=O) groups excluding carboxylic acids is 1. The smallest absolute Gasteiger partial charge is 0.248 e. The molecule has 0 heterocycles. The Hall–Kier alpha value is -2.86. The van der Waals surface area contributed by atoms with Gasteiger partial charge in [0, 0.05) is 24.4 Å². The van der Waals surface area contributed by atoms with Gasteiger partial charge in [-0.3, -0.25) is 9.69 Å². The van der Waals surface area contributed by atoms with Crippen LogP contribution in [0.5, 0.6) is 11.5 Å². The summed E-state index contributed by atoms with van der Waals surface area (Å²) < 4.78 is 24.3. The van der Waals surface area contributed by atoms with Gasteiger partial charge in [0.25, 0.3) is 0 Å². The maximum atomic E-state index is 13.0. The SMILES string of the molecule is CCCN(CCC)CCOc1cc(NC(=O)C=Cc2ccc(F)cc2)ccc1OC. The topological polar surface area (TPSA) is 50.8 Å². The Labute approximate surface area is 178 Å². The van der Waals surface area contributed by atoms with Gasteiger partial charge in [-0.1, -0.05) is 26.0 Å².